The van der Waals surface area contributed by atoms with Crippen LogP contribution in [0.3, 0.4) is 0 Å². The normalized spacial score (nSPS) is 24.8. The molecule has 1 aromatic heterocycles. The SMILES string of the molecule is Cc1nn(-c2ccccc2)c(C)c1CN1CCC2(CCNC2)C1. The Balaban J connectivity index is 1.55. The molecule has 1 aromatic carbocycles. The minimum Gasteiger partial charge on any atom is -0.316 e. The number of hydrogen-bond donors (Lipinski definition) is 1. The van der Waals surface area contributed by atoms with E-state index in [0.29, 0.717) is 5.41 Å². The van der Waals surface area contributed by atoms with Crippen molar-refractivity contribution in [3.63, 3.8) is 0 Å². The lowest BCUT2D eigenvalue weighted by Crippen LogP contribution is -2.29. The van der Waals surface area contributed by atoms with Gasteiger partial charge in [0, 0.05) is 30.9 Å². The van der Waals surface area contributed by atoms with Crippen molar-refractivity contribution < 1.29 is 0 Å². The molecule has 4 heteroatoms. The molecule has 1 spiro atoms. The maximum absolute atomic E-state index is 4.79. The molecule has 4 nitrogen and oxygen atoms in total. The lowest BCUT2D eigenvalue weighted by Gasteiger charge is -2.23. The molecule has 0 saturated carbocycles. The Bertz CT molecular complexity index is 683. The quantitative estimate of drug-likeness (QED) is 0.946. The summed E-state index contributed by atoms with van der Waals surface area (Å²) in [5.74, 6) is 0. The molecule has 0 bridgehead atoms. The van der Waals surface area contributed by atoms with E-state index < -0.39 is 0 Å². The molecule has 1 N–H and O–H groups in total. The van der Waals surface area contributed by atoms with Crippen molar-refractivity contribution in [1.29, 1.82) is 0 Å². The van der Waals surface area contributed by atoms with E-state index in [1.54, 1.807) is 0 Å². The summed E-state index contributed by atoms with van der Waals surface area (Å²) in [7, 11) is 0. The molecule has 2 aromatic rings. The Morgan fingerprint density at radius 2 is 2.00 bits per heavy atom. The third-order valence-electron chi connectivity index (χ3n) is 5.67. The molecule has 2 saturated heterocycles. The van der Waals surface area contributed by atoms with Crippen LogP contribution in [0.15, 0.2) is 30.3 Å². The second-order valence-corrected chi connectivity index (χ2v) is 7.28. The fourth-order valence-corrected chi connectivity index (χ4v) is 4.25. The zero-order valence-corrected chi connectivity index (χ0v) is 14.2. The summed E-state index contributed by atoms with van der Waals surface area (Å²) < 4.78 is 2.09. The number of rotatable bonds is 3. The predicted octanol–water partition coefficient (Wildman–Crippen LogP) is 2.67. The molecule has 2 aliphatic rings. The minimum absolute atomic E-state index is 0.539. The van der Waals surface area contributed by atoms with Gasteiger partial charge in [-0.3, -0.25) is 4.90 Å². The highest BCUT2D eigenvalue weighted by Gasteiger charge is 2.40. The maximum Gasteiger partial charge on any atom is 0.0648 e. The van der Waals surface area contributed by atoms with Crippen LogP contribution < -0.4 is 5.32 Å². The van der Waals surface area contributed by atoms with E-state index in [2.05, 4.69) is 59.1 Å². The molecule has 2 aliphatic heterocycles. The standard InChI is InChI=1S/C19H26N4/c1-15-18(12-22-11-9-19(14-22)8-10-20-13-19)16(2)23(21-15)17-6-4-3-5-7-17/h3-7,20H,8-14H2,1-2H3. The summed E-state index contributed by atoms with van der Waals surface area (Å²) in [6.07, 6.45) is 2.68. The number of aryl methyl sites for hydroxylation is 1. The number of aromatic nitrogens is 2. The summed E-state index contributed by atoms with van der Waals surface area (Å²) in [5, 5.41) is 8.33. The Labute approximate surface area is 138 Å². The predicted molar refractivity (Wildman–Crippen MR) is 92.9 cm³/mol. The Morgan fingerprint density at radius 1 is 1.17 bits per heavy atom. The lowest BCUT2D eigenvalue weighted by molar-refractivity contribution is 0.268. The minimum atomic E-state index is 0.539. The van der Waals surface area contributed by atoms with Crippen molar-refractivity contribution >= 4 is 0 Å². The van der Waals surface area contributed by atoms with E-state index in [4.69, 9.17) is 5.10 Å². The highest BCUT2D eigenvalue weighted by atomic mass is 15.3. The first kappa shape index (κ1) is 14.9. The van der Waals surface area contributed by atoms with E-state index in [1.807, 2.05) is 0 Å². The third kappa shape index (κ3) is 2.70. The van der Waals surface area contributed by atoms with Gasteiger partial charge in [0.05, 0.1) is 11.4 Å². The summed E-state index contributed by atoms with van der Waals surface area (Å²) >= 11 is 0. The van der Waals surface area contributed by atoms with Crippen LogP contribution in [0, 0.1) is 19.3 Å². The molecule has 3 heterocycles. The maximum atomic E-state index is 4.79. The third-order valence-corrected chi connectivity index (χ3v) is 5.67. The van der Waals surface area contributed by atoms with E-state index in [9.17, 15) is 0 Å². The summed E-state index contributed by atoms with van der Waals surface area (Å²) in [6.45, 7) is 10.2. The number of benzene rings is 1. The van der Waals surface area contributed by atoms with Crippen LogP contribution in [0.25, 0.3) is 5.69 Å². The monoisotopic (exact) mass is 310 g/mol. The van der Waals surface area contributed by atoms with Crippen LogP contribution in [0.1, 0.15) is 29.8 Å². The van der Waals surface area contributed by atoms with Crippen molar-refractivity contribution in [1.82, 2.24) is 20.0 Å². The van der Waals surface area contributed by atoms with Crippen LogP contribution in [0.4, 0.5) is 0 Å². The highest BCUT2D eigenvalue weighted by Crippen LogP contribution is 2.37. The van der Waals surface area contributed by atoms with E-state index >= 15 is 0 Å². The summed E-state index contributed by atoms with van der Waals surface area (Å²) in [4.78, 5) is 2.62. The van der Waals surface area contributed by atoms with Crippen LogP contribution in [0.2, 0.25) is 0 Å². The molecule has 122 valence electrons. The second-order valence-electron chi connectivity index (χ2n) is 7.28. The number of nitrogens with zero attached hydrogens (tertiary/aromatic N) is 3. The summed E-state index contributed by atoms with van der Waals surface area (Å²) in [6, 6.07) is 10.4. The molecule has 4 rings (SSSR count). The zero-order valence-electron chi connectivity index (χ0n) is 14.2. The van der Waals surface area contributed by atoms with Crippen molar-refractivity contribution in [2.45, 2.75) is 33.2 Å². The summed E-state index contributed by atoms with van der Waals surface area (Å²) in [5.41, 5.74) is 5.53. The van der Waals surface area contributed by atoms with Gasteiger partial charge in [-0.25, -0.2) is 4.68 Å². The van der Waals surface area contributed by atoms with Gasteiger partial charge in [0.2, 0.25) is 0 Å². The average Bonchev–Trinajstić information content (AvgIpc) is 3.26. The Kier molecular flexibility index (Phi) is 3.74. The molecule has 1 unspecified atom stereocenters. The number of likely N-dealkylation sites (tertiary alicyclic amines) is 1. The first-order chi connectivity index (χ1) is 11.2. The number of hydrogen-bond acceptors (Lipinski definition) is 3. The number of nitrogens with one attached hydrogen (secondary N) is 1. The fourth-order valence-electron chi connectivity index (χ4n) is 4.25. The van der Waals surface area contributed by atoms with Crippen LogP contribution in [-0.4, -0.2) is 40.9 Å². The van der Waals surface area contributed by atoms with Crippen molar-refractivity contribution in [3.8, 4) is 5.69 Å². The Hall–Kier alpha value is -1.65. The van der Waals surface area contributed by atoms with E-state index in [0.717, 1.165) is 17.9 Å². The zero-order chi connectivity index (χ0) is 15.9. The van der Waals surface area contributed by atoms with Gasteiger partial charge in [0.1, 0.15) is 0 Å². The highest BCUT2D eigenvalue weighted by molar-refractivity contribution is 5.36. The van der Waals surface area contributed by atoms with Gasteiger partial charge in [-0.15, -0.1) is 0 Å². The molecular formula is C19H26N4. The average molecular weight is 310 g/mol. The van der Waals surface area contributed by atoms with Crippen LogP contribution >= 0.6 is 0 Å². The molecule has 0 radical (unpaired) electrons. The molecule has 1 atom stereocenters. The Morgan fingerprint density at radius 3 is 2.74 bits per heavy atom. The van der Waals surface area contributed by atoms with Gasteiger partial charge in [0.15, 0.2) is 0 Å². The number of para-hydroxylation sites is 1. The van der Waals surface area contributed by atoms with Gasteiger partial charge < -0.3 is 5.32 Å². The molecule has 0 aliphatic carbocycles. The van der Waals surface area contributed by atoms with Gasteiger partial charge >= 0.3 is 0 Å². The van der Waals surface area contributed by atoms with E-state index in [-0.39, 0.29) is 0 Å². The van der Waals surface area contributed by atoms with E-state index in [1.165, 1.54) is 50.3 Å². The largest absolute Gasteiger partial charge is 0.316 e. The molecular weight excluding hydrogens is 284 g/mol. The van der Waals surface area contributed by atoms with Gasteiger partial charge in [-0.05, 0) is 57.3 Å². The molecule has 23 heavy (non-hydrogen) atoms. The fraction of sp³-hybridized carbons (Fsp3) is 0.526. The van der Waals surface area contributed by atoms with Gasteiger partial charge in [0.25, 0.3) is 0 Å². The van der Waals surface area contributed by atoms with Crippen LogP contribution in [0.5, 0.6) is 0 Å². The first-order valence-corrected chi connectivity index (χ1v) is 8.71. The van der Waals surface area contributed by atoms with Gasteiger partial charge in [-0.2, -0.15) is 5.10 Å². The van der Waals surface area contributed by atoms with Gasteiger partial charge in [-0.1, -0.05) is 18.2 Å². The van der Waals surface area contributed by atoms with Crippen molar-refractivity contribution in [3.05, 3.63) is 47.3 Å². The molecule has 0 amide bonds. The smallest absolute Gasteiger partial charge is 0.0648 e. The lowest BCUT2D eigenvalue weighted by atomic mass is 9.86. The topological polar surface area (TPSA) is 33.1 Å². The first-order valence-electron chi connectivity index (χ1n) is 8.71. The van der Waals surface area contributed by atoms with Crippen molar-refractivity contribution in [2.75, 3.05) is 26.2 Å². The van der Waals surface area contributed by atoms with Crippen molar-refractivity contribution in [2.24, 2.45) is 5.41 Å². The molecule has 2 fully saturated rings. The second kappa shape index (κ2) is 5.77. The van der Waals surface area contributed by atoms with Crippen LogP contribution in [-0.2, 0) is 6.54 Å².